The second-order valence-corrected chi connectivity index (χ2v) is 5.75. The van der Waals surface area contributed by atoms with Crippen molar-refractivity contribution >= 4 is 5.69 Å². The van der Waals surface area contributed by atoms with Crippen LogP contribution >= 0.6 is 0 Å². The van der Waals surface area contributed by atoms with Crippen LogP contribution in [0.25, 0.3) is 0 Å². The van der Waals surface area contributed by atoms with Gasteiger partial charge in [-0.2, -0.15) is 0 Å². The summed E-state index contributed by atoms with van der Waals surface area (Å²) in [4.78, 5) is 2.43. The highest BCUT2D eigenvalue weighted by atomic mass is 16.3. The molecule has 94 valence electrons. The highest BCUT2D eigenvalue weighted by Crippen LogP contribution is 2.30. The number of nitrogens with zero attached hydrogens (tertiary/aromatic N) is 1. The highest BCUT2D eigenvalue weighted by molar-refractivity contribution is 5.48. The van der Waals surface area contributed by atoms with Crippen LogP contribution in [0.3, 0.4) is 0 Å². The van der Waals surface area contributed by atoms with Crippen LogP contribution in [-0.2, 0) is 0 Å². The van der Waals surface area contributed by atoms with Gasteiger partial charge in [-0.3, -0.25) is 0 Å². The molecule has 0 unspecified atom stereocenters. The van der Waals surface area contributed by atoms with E-state index in [2.05, 4.69) is 36.1 Å². The van der Waals surface area contributed by atoms with Crippen molar-refractivity contribution in [3.05, 3.63) is 29.8 Å². The summed E-state index contributed by atoms with van der Waals surface area (Å²) in [6.45, 7) is 8.10. The van der Waals surface area contributed by atoms with Gasteiger partial charge in [-0.1, -0.05) is 12.1 Å². The van der Waals surface area contributed by atoms with E-state index in [0.29, 0.717) is 5.92 Å². The molecule has 2 heteroatoms. The fraction of sp³-hybridized carbons (Fsp3) is 0.600. The Hall–Kier alpha value is -1.02. The second kappa shape index (κ2) is 4.69. The standard InChI is InChI=1S/C15H23NO/c1-12-5-4-6-14(11-12)16-9-7-13(8-10-16)15(2,3)17/h4-6,11,13,17H,7-10H2,1-3H3. The van der Waals surface area contributed by atoms with Gasteiger partial charge in [0.05, 0.1) is 5.60 Å². The second-order valence-electron chi connectivity index (χ2n) is 5.75. The van der Waals surface area contributed by atoms with Gasteiger partial charge >= 0.3 is 0 Å². The molecule has 2 nitrogen and oxygen atoms in total. The normalized spacial score (nSPS) is 18.5. The van der Waals surface area contributed by atoms with Gasteiger partial charge < -0.3 is 10.0 Å². The molecule has 0 amide bonds. The molecule has 0 aromatic heterocycles. The topological polar surface area (TPSA) is 23.5 Å². The van der Waals surface area contributed by atoms with Gasteiger partial charge in [0, 0.05) is 18.8 Å². The zero-order valence-corrected chi connectivity index (χ0v) is 11.1. The van der Waals surface area contributed by atoms with E-state index in [1.165, 1.54) is 11.3 Å². The molecular formula is C15H23NO. The lowest BCUT2D eigenvalue weighted by Gasteiger charge is -2.38. The van der Waals surface area contributed by atoms with Crippen molar-refractivity contribution in [3.63, 3.8) is 0 Å². The highest BCUT2D eigenvalue weighted by Gasteiger charge is 2.30. The summed E-state index contributed by atoms with van der Waals surface area (Å²) in [6.07, 6.45) is 2.16. The van der Waals surface area contributed by atoms with Crippen molar-refractivity contribution in [1.29, 1.82) is 0 Å². The van der Waals surface area contributed by atoms with E-state index in [4.69, 9.17) is 0 Å². The van der Waals surface area contributed by atoms with Crippen LogP contribution in [0.5, 0.6) is 0 Å². The summed E-state index contributed by atoms with van der Waals surface area (Å²) in [5, 5.41) is 10.0. The van der Waals surface area contributed by atoms with E-state index in [1.54, 1.807) is 0 Å². The van der Waals surface area contributed by atoms with Crippen molar-refractivity contribution in [2.24, 2.45) is 5.92 Å². The summed E-state index contributed by atoms with van der Waals surface area (Å²) in [5.41, 5.74) is 2.10. The number of benzene rings is 1. The Morgan fingerprint density at radius 2 is 1.88 bits per heavy atom. The average Bonchev–Trinajstić information content (AvgIpc) is 2.28. The molecule has 1 aliphatic heterocycles. The van der Waals surface area contributed by atoms with E-state index >= 15 is 0 Å². The third-order valence-electron chi connectivity index (χ3n) is 3.86. The first-order valence-corrected chi connectivity index (χ1v) is 6.51. The fourth-order valence-electron chi connectivity index (χ4n) is 2.67. The first-order chi connectivity index (χ1) is 7.97. The van der Waals surface area contributed by atoms with E-state index < -0.39 is 5.60 Å². The average molecular weight is 233 g/mol. The Balaban J connectivity index is 2.00. The quantitative estimate of drug-likeness (QED) is 0.849. The maximum atomic E-state index is 10.0. The molecule has 0 aliphatic carbocycles. The maximum Gasteiger partial charge on any atom is 0.0621 e. The van der Waals surface area contributed by atoms with Crippen molar-refractivity contribution in [2.45, 2.75) is 39.2 Å². The Bertz CT molecular complexity index is 373. The zero-order chi connectivity index (χ0) is 12.5. The Labute approximate surface area is 104 Å². The van der Waals surface area contributed by atoms with Gasteiger partial charge in [0.1, 0.15) is 0 Å². The zero-order valence-electron chi connectivity index (χ0n) is 11.1. The smallest absolute Gasteiger partial charge is 0.0621 e. The number of piperidine rings is 1. The van der Waals surface area contributed by atoms with Crippen LogP contribution in [0.2, 0.25) is 0 Å². The molecule has 17 heavy (non-hydrogen) atoms. The summed E-state index contributed by atoms with van der Waals surface area (Å²) < 4.78 is 0. The molecule has 1 aromatic rings. The number of aryl methyl sites for hydroxylation is 1. The summed E-state index contributed by atoms with van der Waals surface area (Å²) in [6, 6.07) is 8.67. The number of anilines is 1. The van der Waals surface area contributed by atoms with Crippen molar-refractivity contribution < 1.29 is 5.11 Å². The number of hydrogen-bond donors (Lipinski definition) is 1. The van der Waals surface area contributed by atoms with Crippen LogP contribution in [0.4, 0.5) is 5.69 Å². The third-order valence-corrected chi connectivity index (χ3v) is 3.86. The van der Waals surface area contributed by atoms with Gasteiger partial charge in [-0.25, -0.2) is 0 Å². The van der Waals surface area contributed by atoms with E-state index in [9.17, 15) is 5.11 Å². The monoisotopic (exact) mass is 233 g/mol. The predicted molar refractivity (Wildman–Crippen MR) is 72.4 cm³/mol. The fourth-order valence-corrected chi connectivity index (χ4v) is 2.67. The molecule has 2 rings (SSSR count). The van der Waals surface area contributed by atoms with Crippen molar-refractivity contribution in [2.75, 3.05) is 18.0 Å². The predicted octanol–water partition coefficient (Wildman–Crippen LogP) is 2.98. The lowest BCUT2D eigenvalue weighted by Crippen LogP contribution is -2.41. The molecule has 1 saturated heterocycles. The molecule has 0 radical (unpaired) electrons. The van der Waals surface area contributed by atoms with E-state index in [1.807, 2.05) is 13.8 Å². The molecule has 1 aromatic carbocycles. The minimum absolute atomic E-state index is 0.434. The van der Waals surface area contributed by atoms with E-state index in [-0.39, 0.29) is 0 Å². The Morgan fingerprint density at radius 1 is 1.24 bits per heavy atom. The van der Waals surface area contributed by atoms with Gasteiger partial charge in [0.25, 0.3) is 0 Å². The first-order valence-electron chi connectivity index (χ1n) is 6.51. The lowest BCUT2D eigenvalue weighted by atomic mass is 9.83. The number of rotatable bonds is 2. The molecule has 1 N–H and O–H groups in total. The summed E-state index contributed by atoms with van der Waals surface area (Å²) in [5.74, 6) is 0.434. The summed E-state index contributed by atoms with van der Waals surface area (Å²) in [7, 11) is 0. The van der Waals surface area contributed by atoms with Crippen molar-refractivity contribution in [3.8, 4) is 0 Å². The van der Waals surface area contributed by atoms with Crippen molar-refractivity contribution in [1.82, 2.24) is 0 Å². The van der Waals surface area contributed by atoms with Gasteiger partial charge in [-0.15, -0.1) is 0 Å². The molecule has 1 fully saturated rings. The molecule has 0 atom stereocenters. The minimum Gasteiger partial charge on any atom is -0.390 e. The SMILES string of the molecule is Cc1cccc(N2CCC(C(C)(C)O)CC2)c1. The largest absolute Gasteiger partial charge is 0.390 e. The van der Waals surface area contributed by atoms with Gasteiger partial charge in [0.15, 0.2) is 0 Å². The van der Waals surface area contributed by atoms with Gasteiger partial charge in [0.2, 0.25) is 0 Å². The Kier molecular flexibility index (Phi) is 3.43. The molecule has 1 heterocycles. The molecule has 0 saturated carbocycles. The maximum absolute atomic E-state index is 10.0. The van der Waals surface area contributed by atoms with E-state index in [0.717, 1.165) is 25.9 Å². The molecule has 0 bridgehead atoms. The summed E-state index contributed by atoms with van der Waals surface area (Å²) >= 11 is 0. The van der Waals surface area contributed by atoms with Gasteiger partial charge in [-0.05, 0) is 57.2 Å². The van der Waals surface area contributed by atoms with Crippen LogP contribution in [-0.4, -0.2) is 23.8 Å². The van der Waals surface area contributed by atoms with Crippen LogP contribution in [0, 0.1) is 12.8 Å². The molecule has 0 spiro atoms. The van der Waals surface area contributed by atoms with Crippen LogP contribution in [0.1, 0.15) is 32.3 Å². The minimum atomic E-state index is -0.529. The Morgan fingerprint density at radius 3 is 2.41 bits per heavy atom. The third kappa shape index (κ3) is 3.01. The van der Waals surface area contributed by atoms with Crippen LogP contribution < -0.4 is 4.90 Å². The van der Waals surface area contributed by atoms with Crippen LogP contribution in [0.15, 0.2) is 24.3 Å². The molecule has 1 aliphatic rings. The molecular weight excluding hydrogens is 210 g/mol. The first kappa shape index (κ1) is 12.4. The number of hydrogen-bond acceptors (Lipinski definition) is 2. The lowest BCUT2D eigenvalue weighted by molar-refractivity contribution is 0.00651. The number of aliphatic hydroxyl groups is 1.